The molecule has 5 rings (SSSR count). The number of fused-ring (bicyclic) bond motifs is 2. The molecule has 1 fully saturated rings. The molecule has 38 heavy (non-hydrogen) atoms. The summed E-state index contributed by atoms with van der Waals surface area (Å²) in [4.78, 5) is 48.9. The van der Waals surface area contributed by atoms with E-state index < -0.39 is 29.2 Å². The van der Waals surface area contributed by atoms with Crippen LogP contribution in [0.25, 0.3) is 5.52 Å². The number of β-lactam (4-membered cyclic amide) rings is 1. The van der Waals surface area contributed by atoms with Crippen molar-refractivity contribution in [1.29, 1.82) is 0 Å². The Morgan fingerprint density at radius 3 is 2.89 bits per heavy atom. The largest absolute Gasteiger partial charge is 0.477 e. The maximum absolute atomic E-state index is 13.1. The third-order valence-corrected chi connectivity index (χ3v) is 8.89. The Balaban J connectivity index is 1.38. The summed E-state index contributed by atoms with van der Waals surface area (Å²) in [7, 11) is 0. The molecule has 0 aliphatic carbocycles. The van der Waals surface area contributed by atoms with Crippen molar-refractivity contribution in [3.8, 4) is 0 Å². The van der Waals surface area contributed by atoms with Gasteiger partial charge >= 0.3 is 5.97 Å². The van der Waals surface area contributed by atoms with Crippen LogP contribution in [0.1, 0.15) is 18.3 Å². The van der Waals surface area contributed by atoms with Crippen molar-refractivity contribution in [3.63, 3.8) is 0 Å². The summed E-state index contributed by atoms with van der Waals surface area (Å²) in [6.07, 6.45) is 3.77. The Hall–Kier alpha value is -3.43. The number of carbonyl (C=O) groups excluding carboxylic acids is 2. The molecule has 0 saturated carbocycles. The molecule has 0 bridgehead atoms. The van der Waals surface area contributed by atoms with Gasteiger partial charge in [-0.25, -0.2) is 9.78 Å². The SMILES string of the molecule is CCO/N=C(\C(=O)N[C@@H]1C(=O)N2C(C(=O)O)=C(C[n+]3ccn4c(Br)ccc4c3C)CS[C@@H]12)c1csc(N)n1. The van der Waals surface area contributed by atoms with Gasteiger partial charge in [0.25, 0.3) is 11.8 Å². The van der Waals surface area contributed by atoms with Crippen LogP contribution in [0.4, 0.5) is 5.13 Å². The van der Waals surface area contributed by atoms with Crippen LogP contribution >= 0.6 is 39.0 Å². The van der Waals surface area contributed by atoms with E-state index in [4.69, 9.17) is 10.6 Å². The van der Waals surface area contributed by atoms with E-state index in [-0.39, 0.29) is 28.8 Å². The summed E-state index contributed by atoms with van der Waals surface area (Å²) in [5.74, 6) is -1.98. The molecule has 0 aromatic carbocycles. The number of nitrogens with one attached hydrogen (secondary N) is 1. The van der Waals surface area contributed by atoms with Crippen molar-refractivity contribution < 1.29 is 28.9 Å². The van der Waals surface area contributed by atoms with Gasteiger partial charge in [0.05, 0.1) is 10.8 Å². The van der Waals surface area contributed by atoms with Gasteiger partial charge in [0, 0.05) is 23.6 Å². The number of hydrogen-bond donors (Lipinski definition) is 3. The zero-order valence-corrected chi connectivity index (χ0v) is 23.5. The van der Waals surface area contributed by atoms with Crippen molar-refractivity contribution in [1.82, 2.24) is 19.6 Å². The molecular formula is C23H23BrN7O5S2+. The number of aryl methyl sites for hydroxylation is 1. The molecule has 0 radical (unpaired) electrons. The summed E-state index contributed by atoms with van der Waals surface area (Å²) >= 11 is 6.04. The van der Waals surface area contributed by atoms with Crippen LogP contribution in [-0.2, 0) is 25.8 Å². The molecule has 1 saturated heterocycles. The first kappa shape index (κ1) is 26.2. The Morgan fingerprint density at radius 2 is 2.21 bits per heavy atom. The topological polar surface area (TPSA) is 156 Å². The fraction of sp³-hybridized carbons (Fsp3) is 0.304. The monoisotopic (exact) mass is 620 g/mol. The second-order valence-electron chi connectivity index (χ2n) is 8.47. The first-order chi connectivity index (χ1) is 18.2. The quantitative estimate of drug-likeness (QED) is 0.148. The summed E-state index contributed by atoms with van der Waals surface area (Å²) in [5.41, 5.74) is 8.29. The number of anilines is 1. The Morgan fingerprint density at radius 1 is 1.42 bits per heavy atom. The van der Waals surface area contributed by atoms with Crippen molar-refractivity contribution >= 4 is 73.2 Å². The molecule has 2 aliphatic rings. The molecule has 4 N–H and O–H groups in total. The average molecular weight is 622 g/mol. The number of aromatic nitrogens is 3. The number of thiazole rings is 1. The highest BCUT2D eigenvalue weighted by Crippen LogP contribution is 2.40. The predicted molar refractivity (Wildman–Crippen MR) is 144 cm³/mol. The highest BCUT2D eigenvalue weighted by molar-refractivity contribution is 9.10. The molecule has 15 heteroatoms. The molecule has 2 aliphatic heterocycles. The van der Waals surface area contributed by atoms with Gasteiger partial charge in [-0.1, -0.05) is 5.16 Å². The number of halogens is 1. The number of amides is 2. The molecule has 3 aromatic heterocycles. The van der Waals surface area contributed by atoms with E-state index in [9.17, 15) is 19.5 Å². The maximum Gasteiger partial charge on any atom is 0.352 e. The van der Waals surface area contributed by atoms with Crippen LogP contribution in [0.5, 0.6) is 0 Å². The zero-order chi connectivity index (χ0) is 27.1. The van der Waals surface area contributed by atoms with Crippen LogP contribution < -0.4 is 15.6 Å². The van der Waals surface area contributed by atoms with Crippen molar-refractivity contribution in [2.45, 2.75) is 31.8 Å². The third kappa shape index (κ3) is 4.54. The van der Waals surface area contributed by atoms with Crippen LogP contribution in [0.3, 0.4) is 0 Å². The molecule has 12 nitrogen and oxygen atoms in total. The van der Waals surface area contributed by atoms with Gasteiger partial charge in [-0.3, -0.25) is 18.9 Å². The maximum atomic E-state index is 13.1. The molecule has 3 aromatic rings. The van der Waals surface area contributed by atoms with Gasteiger partial charge in [-0.2, -0.15) is 4.57 Å². The first-order valence-electron chi connectivity index (χ1n) is 11.5. The molecule has 5 heterocycles. The van der Waals surface area contributed by atoms with Gasteiger partial charge < -0.3 is 21.0 Å². The highest BCUT2D eigenvalue weighted by Gasteiger charge is 2.55. The molecule has 2 atom stereocenters. The summed E-state index contributed by atoms with van der Waals surface area (Å²) < 4.78 is 4.86. The minimum atomic E-state index is -1.19. The van der Waals surface area contributed by atoms with Crippen LogP contribution in [-0.4, -0.2) is 66.7 Å². The number of rotatable bonds is 8. The number of nitrogen functional groups attached to an aromatic ring is 1. The van der Waals surface area contributed by atoms with Crippen molar-refractivity contribution in [3.05, 3.63) is 57.2 Å². The Bertz CT molecular complexity index is 1530. The highest BCUT2D eigenvalue weighted by atomic mass is 79.9. The Kier molecular flexibility index (Phi) is 7.15. The number of carboxylic acid groups (broad SMARTS) is 1. The van der Waals surface area contributed by atoms with Gasteiger partial charge in [-0.15, -0.1) is 23.1 Å². The average Bonchev–Trinajstić information content (AvgIpc) is 3.49. The number of nitrogens with two attached hydrogens (primary N) is 1. The fourth-order valence-electron chi connectivity index (χ4n) is 4.40. The van der Waals surface area contributed by atoms with Crippen LogP contribution in [0.2, 0.25) is 0 Å². The number of oxime groups is 1. The van der Waals surface area contributed by atoms with E-state index in [2.05, 4.69) is 31.4 Å². The lowest BCUT2D eigenvalue weighted by Crippen LogP contribution is -2.71. The van der Waals surface area contributed by atoms with E-state index >= 15 is 0 Å². The van der Waals surface area contributed by atoms with Crippen LogP contribution in [0, 0.1) is 6.92 Å². The number of thioether (sulfide) groups is 1. The van der Waals surface area contributed by atoms with Crippen molar-refractivity contribution in [2.24, 2.45) is 5.16 Å². The number of hydrogen-bond acceptors (Lipinski definition) is 9. The molecule has 2 amide bonds. The smallest absolute Gasteiger partial charge is 0.352 e. The molecule has 198 valence electrons. The summed E-state index contributed by atoms with van der Waals surface area (Å²) in [6, 6.07) is 3.00. The minimum absolute atomic E-state index is 0.0527. The van der Waals surface area contributed by atoms with E-state index in [1.807, 2.05) is 40.4 Å². The third-order valence-electron chi connectivity index (χ3n) is 6.23. The second-order valence-corrected chi connectivity index (χ2v) is 11.3. The second kappa shape index (κ2) is 10.4. The minimum Gasteiger partial charge on any atom is -0.477 e. The number of carboxylic acids is 1. The number of aliphatic carboxylic acids is 1. The summed E-state index contributed by atoms with van der Waals surface area (Å²) in [5, 5.41) is 17.8. The lowest BCUT2D eigenvalue weighted by atomic mass is 10.0. The van der Waals surface area contributed by atoms with Crippen LogP contribution in [0.15, 0.2) is 50.9 Å². The normalized spacial score (nSPS) is 19.4. The van der Waals surface area contributed by atoms with Gasteiger partial charge in [-0.05, 0) is 35.0 Å². The standard InChI is InChI=1S/C23H22BrN7O5S2/c1-3-36-28-16(13-10-38-23(25)26-13)19(32)27-17-20(33)31-18(22(34)35)12(9-37-21(17)31)8-29-6-7-30-14(11(29)2)4-5-15(30)24/h4-7,10,17,21H,3,8-9H2,1-2H3,(H3-,25,26,27,32,34,35)/p+1/b28-16-/t17-,21+/m1/s1. The lowest BCUT2D eigenvalue weighted by molar-refractivity contribution is -0.694. The number of nitrogens with zero attached hydrogens (tertiary/aromatic N) is 5. The van der Waals surface area contributed by atoms with E-state index in [1.165, 1.54) is 16.7 Å². The van der Waals surface area contributed by atoms with Gasteiger partial charge in [0.2, 0.25) is 5.69 Å². The Labute approximate surface area is 233 Å². The van der Waals surface area contributed by atoms with Gasteiger partial charge in [0.15, 0.2) is 23.6 Å². The predicted octanol–water partition coefficient (Wildman–Crippen LogP) is 1.52. The lowest BCUT2D eigenvalue weighted by Gasteiger charge is -2.49. The summed E-state index contributed by atoms with van der Waals surface area (Å²) in [6.45, 7) is 4.21. The van der Waals surface area contributed by atoms with E-state index in [0.29, 0.717) is 17.9 Å². The van der Waals surface area contributed by atoms with Gasteiger partial charge in [0.1, 0.15) is 34.9 Å². The zero-order valence-electron chi connectivity index (χ0n) is 20.3. The molecular weight excluding hydrogens is 598 g/mol. The fourth-order valence-corrected chi connectivity index (χ4v) is 6.72. The van der Waals surface area contributed by atoms with Crippen molar-refractivity contribution in [2.75, 3.05) is 18.1 Å². The van der Waals surface area contributed by atoms with E-state index in [1.54, 1.807) is 12.3 Å². The molecule has 0 spiro atoms. The first-order valence-corrected chi connectivity index (χ1v) is 14.2. The number of carbonyl (C=O) groups is 3. The molecule has 0 unspecified atom stereocenters. The van der Waals surface area contributed by atoms with E-state index in [0.717, 1.165) is 27.2 Å².